The van der Waals surface area contributed by atoms with E-state index < -0.39 is 0 Å². The zero-order chi connectivity index (χ0) is 14.7. The Kier molecular flexibility index (Phi) is 4.20. The molecular weight excluding hydrogens is 260 g/mol. The molecule has 0 fully saturated rings. The standard InChI is InChI=1S/C18H22N2O/c1-3-8-20-18(16-11-13(2)6-9-19-16)15-4-5-17-14(12-15)7-10-21-17/h4-6,9,11-12,18,20H,3,7-8,10H2,1-2H3. The Morgan fingerprint density at radius 3 is 3.00 bits per heavy atom. The smallest absolute Gasteiger partial charge is 0.122 e. The van der Waals surface area contributed by atoms with Crippen LogP contribution in [0.5, 0.6) is 5.75 Å². The Hall–Kier alpha value is -1.87. The van der Waals surface area contributed by atoms with Gasteiger partial charge in [0, 0.05) is 12.6 Å². The van der Waals surface area contributed by atoms with E-state index in [9.17, 15) is 0 Å². The molecule has 3 heteroatoms. The van der Waals surface area contributed by atoms with Crippen LogP contribution in [0, 0.1) is 6.92 Å². The first-order chi connectivity index (χ1) is 10.3. The van der Waals surface area contributed by atoms with Gasteiger partial charge in [0.1, 0.15) is 5.75 Å². The van der Waals surface area contributed by atoms with Crippen molar-refractivity contribution in [2.24, 2.45) is 0 Å². The van der Waals surface area contributed by atoms with Crippen LogP contribution in [0.15, 0.2) is 36.5 Å². The third-order valence-corrected chi connectivity index (χ3v) is 3.88. The minimum atomic E-state index is 0.149. The molecule has 0 radical (unpaired) electrons. The number of nitrogens with one attached hydrogen (secondary N) is 1. The third kappa shape index (κ3) is 3.08. The van der Waals surface area contributed by atoms with E-state index in [4.69, 9.17) is 4.74 Å². The van der Waals surface area contributed by atoms with Crippen LogP contribution in [0.1, 0.15) is 41.8 Å². The molecule has 3 nitrogen and oxygen atoms in total. The van der Waals surface area contributed by atoms with Crippen molar-refractivity contribution in [3.05, 3.63) is 58.9 Å². The lowest BCUT2D eigenvalue weighted by Gasteiger charge is -2.19. The maximum Gasteiger partial charge on any atom is 0.122 e. The van der Waals surface area contributed by atoms with E-state index in [0.717, 1.165) is 37.4 Å². The zero-order valence-corrected chi connectivity index (χ0v) is 12.7. The molecule has 0 amide bonds. The lowest BCUT2D eigenvalue weighted by atomic mass is 9.99. The number of benzene rings is 1. The first kappa shape index (κ1) is 14.1. The highest BCUT2D eigenvalue weighted by molar-refractivity contribution is 5.42. The molecule has 2 heterocycles. The average molecular weight is 282 g/mol. The number of nitrogens with zero attached hydrogens (tertiary/aromatic N) is 1. The van der Waals surface area contributed by atoms with Gasteiger partial charge in [0.25, 0.3) is 0 Å². The van der Waals surface area contributed by atoms with Crippen molar-refractivity contribution in [1.82, 2.24) is 10.3 Å². The van der Waals surface area contributed by atoms with Gasteiger partial charge < -0.3 is 10.1 Å². The molecule has 0 saturated carbocycles. The maximum absolute atomic E-state index is 5.60. The fourth-order valence-corrected chi connectivity index (χ4v) is 2.79. The lowest BCUT2D eigenvalue weighted by molar-refractivity contribution is 0.357. The number of hydrogen-bond acceptors (Lipinski definition) is 3. The maximum atomic E-state index is 5.60. The molecule has 1 aromatic carbocycles. The molecule has 1 N–H and O–H groups in total. The molecule has 2 aromatic rings. The highest BCUT2D eigenvalue weighted by atomic mass is 16.5. The van der Waals surface area contributed by atoms with E-state index in [1.807, 2.05) is 12.3 Å². The summed E-state index contributed by atoms with van der Waals surface area (Å²) < 4.78 is 5.60. The molecule has 0 bridgehead atoms. The Morgan fingerprint density at radius 2 is 2.19 bits per heavy atom. The summed E-state index contributed by atoms with van der Waals surface area (Å²) in [6.07, 6.45) is 4.00. The molecular formula is C18H22N2O. The van der Waals surface area contributed by atoms with Crippen LogP contribution >= 0.6 is 0 Å². The molecule has 1 aliphatic heterocycles. The van der Waals surface area contributed by atoms with Crippen molar-refractivity contribution in [1.29, 1.82) is 0 Å². The number of aromatic nitrogens is 1. The van der Waals surface area contributed by atoms with Gasteiger partial charge in [0.2, 0.25) is 0 Å². The van der Waals surface area contributed by atoms with Gasteiger partial charge >= 0.3 is 0 Å². The number of rotatable bonds is 5. The van der Waals surface area contributed by atoms with E-state index in [1.54, 1.807) is 0 Å². The molecule has 0 spiro atoms. The number of ether oxygens (including phenoxy) is 1. The summed E-state index contributed by atoms with van der Waals surface area (Å²) in [5, 5.41) is 3.62. The van der Waals surface area contributed by atoms with Gasteiger partial charge in [0.15, 0.2) is 0 Å². The number of aryl methyl sites for hydroxylation is 1. The van der Waals surface area contributed by atoms with Gasteiger partial charge in [-0.15, -0.1) is 0 Å². The van der Waals surface area contributed by atoms with Crippen LogP contribution in [-0.2, 0) is 6.42 Å². The largest absolute Gasteiger partial charge is 0.493 e. The van der Waals surface area contributed by atoms with Crippen molar-refractivity contribution < 1.29 is 4.74 Å². The second-order valence-corrected chi connectivity index (χ2v) is 5.61. The Morgan fingerprint density at radius 1 is 1.29 bits per heavy atom. The van der Waals surface area contributed by atoms with E-state index in [1.165, 1.54) is 16.7 Å². The fraction of sp³-hybridized carbons (Fsp3) is 0.389. The number of pyridine rings is 1. The van der Waals surface area contributed by atoms with Crippen LogP contribution in [-0.4, -0.2) is 18.1 Å². The van der Waals surface area contributed by atoms with E-state index in [-0.39, 0.29) is 6.04 Å². The van der Waals surface area contributed by atoms with Crippen LogP contribution < -0.4 is 10.1 Å². The van der Waals surface area contributed by atoms with Crippen molar-refractivity contribution in [2.75, 3.05) is 13.2 Å². The summed E-state index contributed by atoms with van der Waals surface area (Å²) in [5.41, 5.74) is 4.91. The Labute approximate surface area is 126 Å². The first-order valence-corrected chi connectivity index (χ1v) is 7.69. The molecule has 110 valence electrons. The van der Waals surface area contributed by atoms with Crippen LogP contribution in [0.2, 0.25) is 0 Å². The minimum Gasteiger partial charge on any atom is -0.493 e. The summed E-state index contributed by atoms with van der Waals surface area (Å²) in [6.45, 7) is 6.07. The van der Waals surface area contributed by atoms with Crippen molar-refractivity contribution in [2.45, 2.75) is 32.7 Å². The van der Waals surface area contributed by atoms with Gasteiger partial charge in [-0.05, 0) is 54.8 Å². The Bertz CT molecular complexity index is 624. The number of hydrogen-bond donors (Lipinski definition) is 1. The highest BCUT2D eigenvalue weighted by Crippen LogP contribution is 2.30. The molecule has 3 rings (SSSR count). The predicted molar refractivity (Wildman–Crippen MR) is 84.8 cm³/mol. The zero-order valence-electron chi connectivity index (χ0n) is 12.7. The van der Waals surface area contributed by atoms with Crippen LogP contribution in [0.3, 0.4) is 0 Å². The summed E-state index contributed by atoms with van der Waals surface area (Å²) in [5.74, 6) is 1.03. The lowest BCUT2D eigenvalue weighted by Crippen LogP contribution is -2.24. The first-order valence-electron chi connectivity index (χ1n) is 7.69. The van der Waals surface area contributed by atoms with Gasteiger partial charge in [0.05, 0.1) is 18.3 Å². The van der Waals surface area contributed by atoms with E-state index in [2.05, 4.69) is 48.4 Å². The summed E-state index contributed by atoms with van der Waals surface area (Å²) >= 11 is 0. The second kappa shape index (κ2) is 6.27. The fourth-order valence-electron chi connectivity index (χ4n) is 2.79. The Balaban J connectivity index is 1.95. The van der Waals surface area contributed by atoms with Crippen LogP contribution in [0.25, 0.3) is 0 Å². The topological polar surface area (TPSA) is 34.1 Å². The quantitative estimate of drug-likeness (QED) is 0.912. The molecule has 1 aliphatic rings. The van der Waals surface area contributed by atoms with Crippen molar-refractivity contribution in [3.63, 3.8) is 0 Å². The van der Waals surface area contributed by atoms with Gasteiger partial charge in [-0.1, -0.05) is 19.1 Å². The predicted octanol–water partition coefficient (Wildman–Crippen LogP) is 3.41. The summed E-state index contributed by atoms with van der Waals surface area (Å²) in [7, 11) is 0. The van der Waals surface area contributed by atoms with Gasteiger partial charge in [-0.2, -0.15) is 0 Å². The van der Waals surface area contributed by atoms with E-state index in [0.29, 0.717) is 0 Å². The summed E-state index contributed by atoms with van der Waals surface area (Å²) in [6, 6.07) is 10.9. The molecule has 1 aromatic heterocycles. The second-order valence-electron chi connectivity index (χ2n) is 5.61. The van der Waals surface area contributed by atoms with Crippen molar-refractivity contribution >= 4 is 0 Å². The normalized spacial score (nSPS) is 14.6. The number of fused-ring (bicyclic) bond motifs is 1. The molecule has 21 heavy (non-hydrogen) atoms. The molecule has 1 atom stereocenters. The highest BCUT2D eigenvalue weighted by Gasteiger charge is 2.19. The van der Waals surface area contributed by atoms with Gasteiger partial charge in [-0.25, -0.2) is 0 Å². The van der Waals surface area contributed by atoms with Gasteiger partial charge in [-0.3, -0.25) is 4.98 Å². The summed E-state index contributed by atoms with van der Waals surface area (Å²) in [4.78, 5) is 4.57. The third-order valence-electron chi connectivity index (χ3n) is 3.88. The minimum absolute atomic E-state index is 0.149. The molecule has 1 unspecified atom stereocenters. The SMILES string of the molecule is CCCNC(c1ccc2c(c1)CCO2)c1cc(C)ccn1. The monoisotopic (exact) mass is 282 g/mol. The molecule has 0 aliphatic carbocycles. The average Bonchev–Trinajstić information content (AvgIpc) is 2.95. The molecule has 0 saturated heterocycles. The van der Waals surface area contributed by atoms with Crippen LogP contribution in [0.4, 0.5) is 0 Å². The van der Waals surface area contributed by atoms with E-state index >= 15 is 0 Å². The van der Waals surface area contributed by atoms with Crippen molar-refractivity contribution in [3.8, 4) is 5.75 Å².